The van der Waals surface area contributed by atoms with Gasteiger partial charge < -0.3 is 9.47 Å². The Bertz CT molecular complexity index is 522. The van der Waals surface area contributed by atoms with Crippen molar-refractivity contribution in [2.24, 2.45) is 5.92 Å². The standard InChI is InChI=1S/C21H32O4/c1-4-5-15-20(22)24-18-13-10-11-14-19(18)25-21(23)16-9-7-6-8-12-17(2)3/h10-11,13-14,17H,4-9,12,15-16H2,1-3H3. The van der Waals surface area contributed by atoms with Gasteiger partial charge in [0, 0.05) is 12.8 Å². The van der Waals surface area contributed by atoms with Gasteiger partial charge in [0.25, 0.3) is 0 Å². The SMILES string of the molecule is CCCCC(=O)Oc1ccccc1OC(=O)CCCCCCC(C)C. The fourth-order valence-corrected chi connectivity index (χ4v) is 2.46. The van der Waals surface area contributed by atoms with Crippen LogP contribution in [0.1, 0.15) is 78.6 Å². The molecule has 140 valence electrons. The second-order valence-corrected chi connectivity index (χ2v) is 6.85. The molecule has 0 fully saturated rings. The molecule has 0 aliphatic heterocycles. The molecule has 0 spiro atoms. The molecular formula is C21H32O4. The fraction of sp³-hybridized carbons (Fsp3) is 0.619. The predicted molar refractivity (Wildman–Crippen MR) is 99.8 cm³/mol. The lowest BCUT2D eigenvalue weighted by atomic mass is 10.0. The minimum Gasteiger partial charge on any atom is -0.423 e. The summed E-state index contributed by atoms with van der Waals surface area (Å²) in [5, 5.41) is 0. The van der Waals surface area contributed by atoms with Gasteiger partial charge >= 0.3 is 11.9 Å². The van der Waals surface area contributed by atoms with Crippen LogP contribution in [0.15, 0.2) is 24.3 Å². The third-order valence-electron chi connectivity index (χ3n) is 3.94. The van der Waals surface area contributed by atoms with Crippen LogP contribution >= 0.6 is 0 Å². The molecule has 0 amide bonds. The summed E-state index contributed by atoms with van der Waals surface area (Å²) in [6, 6.07) is 6.83. The van der Waals surface area contributed by atoms with Crippen molar-refractivity contribution in [3.8, 4) is 11.5 Å². The fourth-order valence-electron chi connectivity index (χ4n) is 2.46. The third-order valence-corrected chi connectivity index (χ3v) is 3.94. The normalized spacial score (nSPS) is 10.7. The topological polar surface area (TPSA) is 52.6 Å². The molecule has 0 aliphatic carbocycles. The molecule has 25 heavy (non-hydrogen) atoms. The maximum Gasteiger partial charge on any atom is 0.311 e. The van der Waals surface area contributed by atoms with Gasteiger partial charge in [0.1, 0.15) is 0 Å². The lowest BCUT2D eigenvalue weighted by molar-refractivity contribution is -0.137. The Balaban J connectivity index is 2.37. The van der Waals surface area contributed by atoms with Gasteiger partial charge in [-0.1, -0.05) is 65.0 Å². The van der Waals surface area contributed by atoms with Crippen molar-refractivity contribution < 1.29 is 19.1 Å². The van der Waals surface area contributed by atoms with Crippen LogP contribution in [0, 0.1) is 5.92 Å². The lowest BCUT2D eigenvalue weighted by Gasteiger charge is -2.10. The number of para-hydroxylation sites is 2. The first kappa shape index (κ1) is 21.2. The second kappa shape index (κ2) is 12.5. The second-order valence-electron chi connectivity index (χ2n) is 6.85. The molecule has 0 saturated carbocycles. The van der Waals surface area contributed by atoms with Crippen LogP contribution in [0.4, 0.5) is 0 Å². The summed E-state index contributed by atoms with van der Waals surface area (Å²) in [6.45, 7) is 6.47. The van der Waals surface area contributed by atoms with Crippen molar-refractivity contribution >= 4 is 11.9 Å². The van der Waals surface area contributed by atoms with Gasteiger partial charge in [0.2, 0.25) is 0 Å². The molecule has 0 N–H and O–H groups in total. The minimum absolute atomic E-state index is 0.277. The van der Waals surface area contributed by atoms with E-state index < -0.39 is 0 Å². The van der Waals surface area contributed by atoms with E-state index in [2.05, 4.69) is 13.8 Å². The van der Waals surface area contributed by atoms with Gasteiger partial charge in [-0.15, -0.1) is 0 Å². The van der Waals surface area contributed by atoms with E-state index in [4.69, 9.17) is 9.47 Å². The maximum atomic E-state index is 12.0. The van der Waals surface area contributed by atoms with Crippen LogP contribution in [0.3, 0.4) is 0 Å². The summed E-state index contributed by atoms with van der Waals surface area (Å²) < 4.78 is 10.7. The van der Waals surface area contributed by atoms with Gasteiger partial charge in [0.05, 0.1) is 0 Å². The van der Waals surface area contributed by atoms with E-state index in [-0.39, 0.29) is 11.9 Å². The highest BCUT2D eigenvalue weighted by atomic mass is 16.6. The first-order chi connectivity index (χ1) is 12.0. The van der Waals surface area contributed by atoms with Gasteiger partial charge in [0.15, 0.2) is 11.5 Å². The zero-order valence-corrected chi connectivity index (χ0v) is 15.9. The number of carbonyl (C=O) groups is 2. The molecule has 0 radical (unpaired) electrons. The van der Waals surface area contributed by atoms with Crippen molar-refractivity contribution in [1.82, 2.24) is 0 Å². The number of hydrogen-bond acceptors (Lipinski definition) is 4. The Morgan fingerprint density at radius 3 is 1.88 bits per heavy atom. The molecule has 0 bridgehead atoms. The van der Waals surface area contributed by atoms with Crippen molar-refractivity contribution in [2.45, 2.75) is 78.6 Å². The van der Waals surface area contributed by atoms with Crippen LogP contribution in [-0.4, -0.2) is 11.9 Å². The molecule has 0 heterocycles. The van der Waals surface area contributed by atoms with E-state index in [0.29, 0.717) is 24.3 Å². The predicted octanol–water partition coefficient (Wildman–Crippen LogP) is 5.68. The molecule has 1 aromatic carbocycles. The van der Waals surface area contributed by atoms with E-state index in [0.717, 1.165) is 38.0 Å². The van der Waals surface area contributed by atoms with Crippen LogP contribution < -0.4 is 9.47 Å². The summed E-state index contributed by atoms with van der Waals surface area (Å²) in [6.07, 6.45) is 7.95. The third kappa shape index (κ3) is 9.90. The Morgan fingerprint density at radius 2 is 1.36 bits per heavy atom. The van der Waals surface area contributed by atoms with E-state index in [1.165, 1.54) is 12.8 Å². The summed E-state index contributed by atoms with van der Waals surface area (Å²) in [5.74, 6) is 0.795. The Morgan fingerprint density at radius 1 is 0.840 bits per heavy atom. The monoisotopic (exact) mass is 348 g/mol. The van der Waals surface area contributed by atoms with Crippen LogP contribution in [0.2, 0.25) is 0 Å². The molecule has 0 aliphatic rings. The molecule has 1 aromatic rings. The summed E-state index contributed by atoms with van der Waals surface area (Å²) in [5.41, 5.74) is 0. The van der Waals surface area contributed by atoms with Gasteiger partial charge in [-0.3, -0.25) is 9.59 Å². The zero-order valence-electron chi connectivity index (χ0n) is 15.9. The van der Waals surface area contributed by atoms with Crippen LogP contribution in [0.25, 0.3) is 0 Å². The highest BCUT2D eigenvalue weighted by Gasteiger charge is 2.13. The maximum absolute atomic E-state index is 12.0. The largest absolute Gasteiger partial charge is 0.423 e. The average Bonchev–Trinajstić information content (AvgIpc) is 2.57. The average molecular weight is 348 g/mol. The smallest absolute Gasteiger partial charge is 0.311 e. The number of hydrogen-bond donors (Lipinski definition) is 0. The van der Waals surface area contributed by atoms with E-state index in [1.54, 1.807) is 24.3 Å². The number of benzene rings is 1. The molecule has 1 rings (SSSR count). The Labute approximate surface area is 151 Å². The quantitative estimate of drug-likeness (QED) is 0.277. The minimum atomic E-state index is -0.296. The number of esters is 2. The Kier molecular flexibility index (Phi) is 10.6. The van der Waals surface area contributed by atoms with E-state index in [1.807, 2.05) is 6.92 Å². The van der Waals surface area contributed by atoms with E-state index in [9.17, 15) is 9.59 Å². The molecule has 4 heteroatoms. The summed E-state index contributed by atoms with van der Waals surface area (Å²) in [4.78, 5) is 23.8. The van der Waals surface area contributed by atoms with Crippen molar-refractivity contribution in [2.75, 3.05) is 0 Å². The summed E-state index contributed by atoms with van der Waals surface area (Å²) >= 11 is 0. The molecule has 4 nitrogen and oxygen atoms in total. The number of carbonyl (C=O) groups excluding carboxylic acids is 2. The molecular weight excluding hydrogens is 316 g/mol. The summed E-state index contributed by atoms with van der Waals surface area (Å²) in [7, 11) is 0. The molecule has 0 saturated heterocycles. The van der Waals surface area contributed by atoms with Gasteiger partial charge in [-0.2, -0.15) is 0 Å². The molecule has 0 aromatic heterocycles. The first-order valence-electron chi connectivity index (χ1n) is 9.53. The van der Waals surface area contributed by atoms with Gasteiger partial charge in [-0.05, 0) is 30.9 Å². The van der Waals surface area contributed by atoms with Crippen molar-refractivity contribution in [1.29, 1.82) is 0 Å². The lowest BCUT2D eigenvalue weighted by Crippen LogP contribution is -2.11. The van der Waals surface area contributed by atoms with Gasteiger partial charge in [-0.25, -0.2) is 0 Å². The number of rotatable bonds is 12. The number of ether oxygens (including phenoxy) is 2. The molecule has 0 unspecified atom stereocenters. The number of unbranched alkanes of at least 4 members (excludes halogenated alkanes) is 4. The highest BCUT2D eigenvalue weighted by Crippen LogP contribution is 2.27. The molecule has 0 atom stereocenters. The van der Waals surface area contributed by atoms with Crippen molar-refractivity contribution in [3.05, 3.63) is 24.3 Å². The van der Waals surface area contributed by atoms with Crippen LogP contribution in [0.5, 0.6) is 11.5 Å². The van der Waals surface area contributed by atoms with Crippen molar-refractivity contribution in [3.63, 3.8) is 0 Å². The highest BCUT2D eigenvalue weighted by molar-refractivity contribution is 5.76. The zero-order chi connectivity index (χ0) is 18.5. The first-order valence-corrected chi connectivity index (χ1v) is 9.53. The van der Waals surface area contributed by atoms with E-state index >= 15 is 0 Å². The Hall–Kier alpha value is -1.84. The van der Waals surface area contributed by atoms with Crippen LogP contribution in [-0.2, 0) is 9.59 Å².